The van der Waals surface area contributed by atoms with Gasteiger partial charge in [0, 0.05) is 23.3 Å². The SMILES string of the molecule is CC1CCN(CC(=O)Nc2c(I)cc(I)cc2I)CC1N. The predicted molar refractivity (Wildman–Crippen MR) is 111 cm³/mol. The summed E-state index contributed by atoms with van der Waals surface area (Å²) in [6.07, 6.45) is 1.06. The standard InChI is InChI=1S/C14H18I3N3O/c1-8-2-3-20(6-12(8)18)7-13(21)19-14-10(16)4-9(15)5-11(14)17/h4-5,8,12H,2-3,6-7,18H2,1H3,(H,19,21). The summed E-state index contributed by atoms with van der Waals surface area (Å²) in [4.78, 5) is 14.4. The monoisotopic (exact) mass is 625 g/mol. The number of anilines is 1. The van der Waals surface area contributed by atoms with E-state index in [1.54, 1.807) is 0 Å². The van der Waals surface area contributed by atoms with E-state index in [0.717, 1.165) is 32.3 Å². The Kier molecular flexibility index (Phi) is 6.97. The molecule has 0 saturated carbocycles. The van der Waals surface area contributed by atoms with E-state index in [1.165, 1.54) is 3.57 Å². The summed E-state index contributed by atoms with van der Waals surface area (Å²) in [6, 6.07) is 4.31. The number of nitrogens with zero attached hydrogens (tertiary/aromatic N) is 1. The van der Waals surface area contributed by atoms with Crippen molar-refractivity contribution in [1.82, 2.24) is 4.90 Å². The molecule has 1 aromatic carbocycles. The van der Waals surface area contributed by atoms with Gasteiger partial charge in [0.2, 0.25) is 5.91 Å². The van der Waals surface area contributed by atoms with Crippen molar-refractivity contribution < 1.29 is 4.79 Å². The highest BCUT2D eigenvalue weighted by Crippen LogP contribution is 2.27. The average molecular weight is 625 g/mol. The Hall–Kier alpha value is 0.800. The lowest BCUT2D eigenvalue weighted by molar-refractivity contribution is -0.117. The van der Waals surface area contributed by atoms with Crippen molar-refractivity contribution >= 4 is 79.4 Å². The first-order chi connectivity index (χ1) is 9.86. The molecule has 0 aromatic heterocycles. The third-order valence-electron chi connectivity index (χ3n) is 3.74. The number of nitrogens with one attached hydrogen (secondary N) is 1. The zero-order chi connectivity index (χ0) is 15.6. The Morgan fingerprint density at radius 1 is 1.38 bits per heavy atom. The Morgan fingerprint density at radius 3 is 2.57 bits per heavy atom. The Morgan fingerprint density at radius 2 is 2.00 bits per heavy atom. The van der Waals surface area contributed by atoms with E-state index in [-0.39, 0.29) is 11.9 Å². The highest BCUT2D eigenvalue weighted by atomic mass is 127. The lowest BCUT2D eigenvalue weighted by Gasteiger charge is -2.34. The molecule has 1 saturated heterocycles. The average Bonchev–Trinajstić information content (AvgIpc) is 2.38. The molecule has 0 aliphatic carbocycles. The highest BCUT2D eigenvalue weighted by molar-refractivity contribution is 14.1. The van der Waals surface area contributed by atoms with Crippen LogP contribution in [-0.2, 0) is 4.79 Å². The van der Waals surface area contributed by atoms with Crippen LogP contribution in [0.25, 0.3) is 0 Å². The van der Waals surface area contributed by atoms with Gasteiger partial charge in [0.25, 0.3) is 0 Å². The quantitative estimate of drug-likeness (QED) is 0.509. The number of piperidine rings is 1. The summed E-state index contributed by atoms with van der Waals surface area (Å²) in [6.45, 7) is 4.34. The van der Waals surface area contributed by atoms with Crippen molar-refractivity contribution in [3.63, 3.8) is 0 Å². The fraction of sp³-hybridized carbons (Fsp3) is 0.500. The van der Waals surface area contributed by atoms with Gasteiger partial charge in [0.1, 0.15) is 0 Å². The van der Waals surface area contributed by atoms with Crippen molar-refractivity contribution in [2.24, 2.45) is 11.7 Å². The molecule has 1 aromatic rings. The van der Waals surface area contributed by atoms with Crippen LogP contribution in [0.4, 0.5) is 5.69 Å². The van der Waals surface area contributed by atoms with Crippen LogP contribution in [0.15, 0.2) is 12.1 Å². The van der Waals surface area contributed by atoms with Gasteiger partial charge < -0.3 is 11.1 Å². The minimum absolute atomic E-state index is 0.0359. The third-order valence-corrected chi connectivity index (χ3v) is 6.06. The second kappa shape index (κ2) is 8.06. The zero-order valence-corrected chi connectivity index (χ0v) is 18.2. The minimum atomic E-state index is 0.0359. The molecular formula is C14H18I3N3O. The van der Waals surface area contributed by atoms with Crippen LogP contribution in [0.1, 0.15) is 13.3 Å². The highest BCUT2D eigenvalue weighted by Gasteiger charge is 2.24. The van der Waals surface area contributed by atoms with Gasteiger partial charge in [0.15, 0.2) is 0 Å². The van der Waals surface area contributed by atoms with E-state index in [1.807, 2.05) is 0 Å². The number of hydrogen-bond donors (Lipinski definition) is 2. The van der Waals surface area contributed by atoms with Crippen LogP contribution in [0.5, 0.6) is 0 Å². The van der Waals surface area contributed by atoms with Gasteiger partial charge in [-0.2, -0.15) is 0 Å². The van der Waals surface area contributed by atoms with E-state index in [0.29, 0.717) is 12.5 Å². The maximum Gasteiger partial charge on any atom is 0.238 e. The molecular weight excluding hydrogens is 607 g/mol. The predicted octanol–water partition coefficient (Wildman–Crippen LogP) is 3.11. The smallest absolute Gasteiger partial charge is 0.238 e. The molecule has 2 atom stereocenters. The molecule has 2 rings (SSSR count). The summed E-state index contributed by atoms with van der Waals surface area (Å²) < 4.78 is 3.32. The van der Waals surface area contributed by atoms with Crippen LogP contribution in [0.3, 0.4) is 0 Å². The molecule has 1 amide bonds. The van der Waals surface area contributed by atoms with Crippen molar-refractivity contribution in [2.45, 2.75) is 19.4 Å². The molecule has 0 bridgehead atoms. The van der Waals surface area contributed by atoms with Gasteiger partial charge in [-0.1, -0.05) is 6.92 Å². The number of rotatable bonds is 3. The summed E-state index contributed by atoms with van der Waals surface area (Å²) >= 11 is 6.81. The van der Waals surface area contributed by atoms with Crippen LogP contribution < -0.4 is 11.1 Å². The second-order valence-corrected chi connectivity index (χ2v) is 9.03. The summed E-state index contributed by atoms with van der Waals surface area (Å²) in [5.41, 5.74) is 7.00. The van der Waals surface area contributed by atoms with Crippen LogP contribution in [0.2, 0.25) is 0 Å². The lowest BCUT2D eigenvalue weighted by atomic mass is 9.94. The van der Waals surface area contributed by atoms with Crippen LogP contribution in [0, 0.1) is 16.6 Å². The van der Waals surface area contributed by atoms with Crippen molar-refractivity contribution in [1.29, 1.82) is 0 Å². The molecule has 7 heteroatoms. The number of carbonyl (C=O) groups excluding carboxylic acids is 1. The first-order valence-electron chi connectivity index (χ1n) is 6.79. The molecule has 0 spiro atoms. The minimum Gasteiger partial charge on any atom is -0.326 e. The van der Waals surface area contributed by atoms with Crippen molar-refractivity contribution in [2.75, 3.05) is 25.0 Å². The lowest BCUT2D eigenvalue weighted by Crippen LogP contribution is -2.49. The van der Waals surface area contributed by atoms with Gasteiger partial charge in [-0.25, -0.2) is 0 Å². The van der Waals surface area contributed by atoms with Gasteiger partial charge in [-0.3, -0.25) is 9.69 Å². The molecule has 1 fully saturated rings. The van der Waals surface area contributed by atoms with Crippen molar-refractivity contribution in [3.05, 3.63) is 22.8 Å². The molecule has 116 valence electrons. The van der Waals surface area contributed by atoms with Gasteiger partial charge in [-0.15, -0.1) is 0 Å². The maximum absolute atomic E-state index is 12.3. The molecule has 3 N–H and O–H groups in total. The number of carbonyl (C=O) groups is 1. The van der Waals surface area contributed by atoms with Gasteiger partial charge in [-0.05, 0) is 98.8 Å². The molecule has 1 aliphatic rings. The van der Waals surface area contributed by atoms with E-state index in [9.17, 15) is 4.79 Å². The van der Waals surface area contributed by atoms with E-state index >= 15 is 0 Å². The largest absolute Gasteiger partial charge is 0.326 e. The fourth-order valence-electron chi connectivity index (χ4n) is 2.36. The summed E-state index contributed by atoms with van der Waals surface area (Å²) in [5, 5.41) is 3.04. The zero-order valence-electron chi connectivity index (χ0n) is 11.7. The summed E-state index contributed by atoms with van der Waals surface area (Å²) in [5.74, 6) is 0.580. The topological polar surface area (TPSA) is 58.4 Å². The number of benzene rings is 1. The number of amides is 1. The van der Waals surface area contributed by atoms with Gasteiger partial charge >= 0.3 is 0 Å². The van der Waals surface area contributed by atoms with Crippen molar-refractivity contribution in [3.8, 4) is 0 Å². The van der Waals surface area contributed by atoms with E-state index in [2.05, 4.69) is 97.0 Å². The molecule has 2 unspecified atom stereocenters. The first kappa shape index (κ1) is 18.1. The number of hydrogen-bond acceptors (Lipinski definition) is 3. The molecule has 0 radical (unpaired) electrons. The molecule has 21 heavy (non-hydrogen) atoms. The fourth-order valence-corrected chi connectivity index (χ4v) is 6.21. The third kappa shape index (κ3) is 5.15. The normalized spacial score (nSPS) is 23.1. The van der Waals surface area contributed by atoms with Gasteiger partial charge in [0.05, 0.1) is 12.2 Å². The number of nitrogens with two attached hydrogens (primary N) is 1. The second-order valence-electron chi connectivity index (χ2n) is 5.46. The van der Waals surface area contributed by atoms with Crippen LogP contribution in [-0.4, -0.2) is 36.5 Å². The molecule has 1 aliphatic heterocycles. The molecule has 1 heterocycles. The number of halogens is 3. The Balaban J connectivity index is 1.96. The number of likely N-dealkylation sites (tertiary alicyclic amines) is 1. The Labute approximate surface area is 166 Å². The summed E-state index contributed by atoms with van der Waals surface area (Å²) in [7, 11) is 0. The van der Waals surface area contributed by atoms with E-state index < -0.39 is 0 Å². The Bertz CT molecular complexity index is 515. The first-order valence-corrected chi connectivity index (χ1v) is 10.0. The molecule has 4 nitrogen and oxygen atoms in total. The maximum atomic E-state index is 12.3. The van der Waals surface area contributed by atoms with Crippen LogP contribution >= 0.6 is 67.8 Å². The van der Waals surface area contributed by atoms with E-state index in [4.69, 9.17) is 5.73 Å².